The highest BCUT2D eigenvalue weighted by Gasteiger charge is 2.24. The number of nitrogens with one attached hydrogen (secondary N) is 1. The molecule has 0 spiro atoms. The number of hydroxylamine groups is 2. The van der Waals surface area contributed by atoms with Crippen molar-refractivity contribution in [3.05, 3.63) is 18.3 Å². The molecule has 1 aromatic rings. The quantitative estimate of drug-likeness (QED) is 0.593. The molecule has 23 heavy (non-hydrogen) atoms. The van der Waals surface area contributed by atoms with Gasteiger partial charge < -0.3 is 5.32 Å². The van der Waals surface area contributed by atoms with Crippen molar-refractivity contribution in [1.29, 1.82) is 0 Å². The van der Waals surface area contributed by atoms with E-state index in [2.05, 4.69) is 15.3 Å². The van der Waals surface area contributed by atoms with Crippen LogP contribution in [-0.4, -0.2) is 64.8 Å². The highest BCUT2D eigenvalue weighted by atomic mass is 16.7. The standard InChI is InChI=1S/C15H23N5O3/c1-4-7-23-20(11-21)14-8-13(9-18(3)10-14)19-6-5-15(17-19)16-12(2)22/h5-6,8,11,14H,4,7,9-10H2,1-3H3,(H,16,17,22). The fraction of sp³-hybridized carbons (Fsp3) is 0.533. The van der Waals surface area contributed by atoms with E-state index in [-0.39, 0.29) is 11.9 Å². The first-order valence-electron chi connectivity index (χ1n) is 7.63. The SMILES string of the molecule is CCCON(C=O)C1C=C(n2ccc(NC(C)=O)n2)CN(C)C1. The first-order valence-corrected chi connectivity index (χ1v) is 7.63. The van der Waals surface area contributed by atoms with E-state index in [0.717, 1.165) is 12.1 Å². The largest absolute Gasteiger partial charge is 0.309 e. The Morgan fingerprint density at radius 1 is 1.61 bits per heavy atom. The van der Waals surface area contributed by atoms with Crippen LogP contribution in [0.2, 0.25) is 0 Å². The predicted molar refractivity (Wildman–Crippen MR) is 86.2 cm³/mol. The average molecular weight is 321 g/mol. The Labute approximate surface area is 135 Å². The first-order chi connectivity index (χ1) is 11.0. The van der Waals surface area contributed by atoms with Crippen LogP contribution in [-0.2, 0) is 14.4 Å². The zero-order chi connectivity index (χ0) is 16.8. The van der Waals surface area contributed by atoms with Crippen molar-refractivity contribution in [2.45, 2.75) is 26.3 Å². The van der Waals surface area contributed by atoms with Crippen molar-refractivity contribution in [3.63, 3.8) is 0 Å². The number of hydrogen-bond acceptors (Lipinski definition) is 5. The lowest BCUT2D eigenvalue weighted by Crippen LogP contribution is -2.45. The third kappa shape index (κ3) is 4.64. The number of anilines is 1. The van der Waals surface area contributed by atoms with E-state index in [9.17, 15) is 9.59 Å². The summed E-state index contributed by atoms with van der Waals surface area (Å²) < 4.78 is 1.71. The maximum Gasteiger partial charge on any atom is 0.233 e. The molecule has 1 atom stereocenters. The molecule has 126 valence electrons. The number of nitrogens with zero attached hydrogens (tertiary/aromatic N) is 4. The summed E-state index contributed by atoms with van der Waals surface area (Å²) in [7, 11) is 1.97. The van der Waals surface area contributed by atoms with Crippen molar-refractivity contribution >= 4 is 23.8 Å². The smallest absolute Gasteiger partial charge is 0.233 e. The normalized spacial score (nSPS) is 18.4. The zero-order valence-electron chi connectivity index (χ0n) is 13.7. The van der Waals surface area contributed by atoms with E-state index < -0.39 is 0 Å². The van der Waals surface area contributed by atoms with Crippen LogP contribution in [0.3, 0.4) is 0 Å². The number of amides is 2. The van der Waals surface area contributed by atoms with Gasteiger partial charge in [-0.2, -0.15) is 5.10 Å². The fourth-order valence-corrected chi connectivity index (χ4v) is 2.42. The van der Waals surface area contributed by atoms with E-state index in [0.29, 0.717) is 31.9 Å². The molecule has 2 rings (SSSR count). The van der Waals surface area contributed by atoms with Gasteiger partial charge in [-0.15, -0.1) is 0 Å². The van der Waals surface area contributed by atoms with Gasteiger partial charge in [0.05, 0.1) is 18.3 Å². The Balaban J connectivity index is 2.17. The molecule has 0 aliphatic carbocycles. The van der Waals surface area contributed by atoms with Crippen LogP contribution in [0.25, 0.3) is 5.70 Å². The number of hydrogen-bond donors (Lipinski definition) is 1. The van der Waals surface area contributed by atoms with Crippen LogP contribution in [0.5, 0.6) is 0 Å². The van der Waals surface area contributed by atoms with Gasteiger partial charge in [-0.1, -0.05) is 6.92 Å². The molecule has 1 N–H and O–H groups in total. The van der Waals surface area contributed by atoms with E-state index in [1.165, 1.54) is 12.0 Å². The van der Waals surface area contributed by atoms with Gasteiger partial charge in [0.15, 0.2) is 5.82 Å². The Bertz CT molecular complexity index is 583. The van der Waals surface area contributed by atoms with Crippen molar-refractivity contribution in [1.82, 2.24) is 19.7 Å². The maximum absolute atomic E-state index is 11.3. The summed E-state index contributed by atoms with van der Waals surface area (Å²) in [6.45, 7) is 5.31. The minimum absolute atomic E-state index is 0.164. The second-order valence-electron chi connectivity index (χ2n) is 5.55. The molecule has 8 heteroatoms. The van der Waals surface area contributed by atoms with Gasteiger partial charge in [0.1, 0.15) is 0 Å². The summed E-state index contributed by atoms with van der Waals surface area (Å²) in [5, 5.41) is 8.32. The highest BCUT2D eigenvalue weighted by molar-refractivity contribution is 5.87. The predicted octanol–water partition coefficient (Wildman–Crippen LogP) is 0.796. The molecule has 2 amide bonds. The van der Waals surface area contributed by atoms with Crippen molar-refractivity contribution < 1.29 is 14.4 Å². The van der Waals surface area contributed by atoms with Crippen LogP contribution in [0.15, 0.2) is 18.3 Å². The molecule has 1 aliphatic heterocycles. The van der Waals surface area contributed by atoms with Crippen LogP contribution in [0, 0.1) is 0 Å². The summed E-state index contributed by atoms with van der Waals surface area (Å²) in [6, 6.07) is 1.55. The number of carbonyl (C=O) groups is 2. The van der Waals surface area contributed by atoms with Gasteiger partial charge in [0, 0.05) is 32.3 Å². The van der Waals surface area contributed by atoms with Crippen LogP contribution in [0.1, 0.15) is 20.3 Å². The van der Waals surface area contributed by atoms with Gasteiger partial charge in [-0.25, -0.2) is 9.75 Å². The third-order valence-corrected chi connectivity index (χ3v) is 3.38. The molecule has 0 saturated carbocycles. The number of rotatable bonds is 7. The summed E-state index contributed by atoms with van der Waals surface area (Å²) >= 11 is 0. The van der Waals surface area contributed by atoms with E-state index >= 15 is 0 Å². The Morgan fingerprint density at radius 2 is 2.39 bits per heavy atom. The molecule has 2 heterocycles. The summed E-state index contributed by atoms with van der Waals surface area (Å²) in [5.74, 6) is 0.334. The van der Waals surface area contributed by atoms with Crippen LogP contribution in [0.4, 0.5) is 5.82 Å². The molecule has 0 radical (unpaired) electrons. The first kappa shape index (κ1) is 17.2. The molecule has 0 fully saturated rings. The van der Waals surface area contributed by atoms with Gasteiger partial charge in [-0.3, -0.25) is 19.3 Å². The molecule has 0 aromatic carbocycles. The lowest BCUT2D eigenvalue weighted by atomic mass is 10.1. The summed E-state index contributed by atoms with van der Waals surface area (Å²) in [4.78, 5) is 29.9. The van der Waals surface area contributed by atoms with Crippen molar-refractivity contribution in [3.8, 4) is 0 Å². The minimum Gasteiger partial charge on any atom is -0.309 e. The van der Waals surface area contributed by atoms with Crippen LogP contribution >= 0.6 is 0 Å². The Hall–Kier alpha value is -2.19. The van der Waals surface area contributed by atoms with Crippen molar-refractivity contribution in [2.24, 2.45) is 0 Å². The van der Waals surface area contributed by atoms with Gasteiger partial charge in [-0.05, 0) is 19.5 Å². The third-order valence-electron chi connectivity index (χ3n) is 3.38. The Morgan fingerprint density at radius 3 is 3.04 bits per heavy atom. The van der Waals surface area contributed by atoms with Gasteiger partial charge in [0.2, 0.25) is 12.3 Å². The van der Waals surface area contributed by atoms with E-state index in [1.807, 2.05) is 20.0 Å². The fourth-order valence-electron chi connectivity index (χ4n) is 2.42. The molecule has 8 nitrogen and oxygen atoms in total. The molecular weight excluding hydrogens is 298 g/mol. The number of carbonyl (C=O) groups excluding carboxylic acids is 2. The number of likely N-dealkylation sites (N-methyl/N-ethyl adjacent to an activating group) is 1. The molecule has 1 aromatic heterocycles. The second-order valence-corrected chi connectivity index (χ2v) is 5.55. The lowest BCUT2D eigenvalue weighted by molar-refractivity contribution is -0.182. The Kier molecular flexibility index (Phi) is 5.89. The van der Waals surface area contributed by atoms with E-state index in [1.54, 1.807) is 16.9 Å². The average Bonchev–Trinajstić information content (AvgIpc) is 2.95. The molecule has 1 aliphatic rings. The number of aromatic nitrogens is 2. The summed E-state index contributed by atoms with van der Waals surface area (Å²) in [6.07, 6.45) is 5.29. The van der Waals surface area contributed by atoms with Gasteiger partial charge in [0.25, 0.3) is 0 Å². The second kappa shape index (κ2) is 7.89. The molecule has 1 unspecified atom stereocenters. The zero-order valence-corrected chi connectivity index (χ0v) is 13.7. The molecule has 0 saturated heterocycles. The topological polar surface area (TPSA) is 79.7 Å². The maximum atomic E-state index is 11.3. The molecule has 0 bridgehead atoms. The highest BCUT2D eigenvalue weighted by Crippen LogP contribution is 2.18. The van der Waals surface area contributed by atoms with E-state index in [4.69, 9.17) is 4.84 Å². The van der Waals surface area contributed by atoms with Crippen molar-refractivity contribution in [2.75, 3.05) is 32.1 Å². The lowest BCUT2D eigenvalue weighted by Gasteiger charge is -2.33. The van der Waals surface area contributed by atoms with Crippen LogP contribution < -0.4 is 5.32 Å². The monoisotopic (exact) mass is 321 g/mol. The van der Waals surface area contributed by atoms with Gasteiger partial charge >= 0.3 is 0 Å². The summed E-state index contributed by atoms with van der Waals surface area (Å²) in [5.41, 5.74) is 0.923. The minimum atomic E-state index is -0.179. The molecular formula is C15H23N5O3.